The zero-order valence-corrected chi connectivity index (χ0v) is 12.3. The summed E-state index contributed by atoms with van der Waals surface area (Å²) in [4.78, 5) is 0. The summed E-state index contributed by atoms with van der Waals surface area (Å²) < 4.78 is 0. The molecule has 0 aliphatic carbocycles. The van der Waals surface area contributed by atoms with Crippen LogP contribution in [0.4, 0.5) is 0 Å². The van der Waals surface area contributed by atoms with Crippen LogP contribution in [0.2, 0.25) is 0 Å². The third-order valence-corrected chi connectivity index (χ3v) is 3.36. The molecule has 0 saturated heterocycles. The molecule has 0 aliphatic rings. The first-order chi connectivity index (χ1) is 7.86. The van der Waals surface area contributed by atoms with E-state index in [0.717, 1.165) is 19.5 Å². The van der Waals surface area contributed by atoms with Crippen molar-refractivity contribution >= 4 is 0 Å². The van der Waals surface area contributed by atoms with E-state index in [1.54, 1.807) is 0 Å². The fourth-order valence-electron chi connectivity index (χ4n) is 2.21. The topological polar surface area (TPSA) is 12.0 Å². The Morgan fingerprint density at radius 2 is 1.59 bits per heavy atom. The minimum absolute atomic E-state index is 0.246. The standard InChI is InChI=1S/C16H27N/c1-7-17-9-8-15-12(2)10-14(11-13(15)3)16(4,5)6/h10-11,17H,7-9H2,1-6H3. The van der Waals surface area contributed by atoms with Gasteiger partial charge in [-0.15, -0.1) is 0 Å². The lowest BCUT2D eigenvalue weighted by molar-refractivity contribution is 0.588. The van der Waals surface area contributed by atoms with Crippen molar-refractivity contribution in [3.63, 3.8) is 0 Å². The molecule has 0 atom stereocenters. The van der Waals surface area contributed by atoms with Crippen molar-refractivity contribution in [1.29, 1.82) is 0 Å². The summed E-state index contributed by atoms with van der Waals surface area (Å²) >= 11 is 0. The predicted molar refractivity (Wildman–Crippen MR) is 76.9 cm³/mol. The van der Waals surface area contributed by atoms with Gasteiger partial charge in [0.1, 0.15) is 0 Å². The smallest absolute Gasteiger partial charge is 0.000827 e. The van der Waals surface area contributed by atoms with Crippen LogP contribution in [0.3, 0.4) is 0 Å². The van der Waals surface area contributed by atoms with Crippen LogP contribution < -0.4 is 5.32 Å². The lowest BCUT2D eigenvalue weighted by Crippen LogP contribution is -2.18. The van der Waals surface area contributed by atoms with E-state index in [1.165, 1.54) is 22.3 Å². The first kappa shape index (κ1) is 14.2. The molecule has 0 aromatic heterocycles. The molecule has 1 N–H and O–H groups in total. The van der Waals surface area contributed by atoms with Gasteiger partial charge in [0.15, 0.2) is 0 Å². The third-order valence-electron chi connectivity index (χ3n) is 3.36. The van der Waals surface area contributed by atoms with Gasteiger partial charge in [0.25, 0.3) is 0 Å². The molecule has 0 saturated carbocycles. The van der Waals surface area contributed by atoms with Crippen molar-refractivity contribution in [2.45, 2.75) is 53.4 Å². The van der Waals surface area contributed by atoms with Gasteiger partial charge < -0.3 is 5.32 Å². The van der Waals surface area contributed by atoms with Crippen LogP contribution in [0, 0.1) is 13.8 Å². The van der Waals surface area contributed by atoms with Crippen molar-refractivity contribution in [2.24, 2.45) is 0 Å². The van der Waals surface area contributed by atoms with Gasteiger partial charge in [-0.1, -0.05) is 39.8 Å². The van der Waals surface area contributed by atoms with E-state index in [9.17, 15) is 0 Å². The second-order valence-electron chi connectivity index (χ2n) is 5.94. The molecule has 1 aromatic carbocycles. The summed E-state index contributed by atoms with van der Waals surface area (Å²) in [5.74, 6) is 0. The summed E-state index contributed by atoms with van der Waals surface area (Å²) in [6, 6.07) is 4.71. The van der Waals surface area contributed by atoms with E-state index < -0.39 is 0 Å². The Kier molecular flexibility index (Phi) is 4.76. The molecular weight excluding hydrogens is 206 g/mol. The van der Waals surface area contributed by atoms with E-state index in [2.05, 4.69) is 59.0 Å². The number of hydrogen-bond donors (Lipinski definition) is 1. The zero-order chi connectivity index (χ0) is 13.1. The molecule has 17 heavy (non-hydrogen) atoms. The first-order valence-corrected chi connectivity index (χ1v) is 6.67. The lowest BCUT2D eigenvalue weighted by Gasteiger charge is -2.22. The Morgan fingerprint density at radius 1 is 1.06 bits per heavy atom. The largest absolute Gasteiger partial charge is 0.317 e. The molecule has 0 aliphatic heterocycles. The highest BCUT2D eigenvalue weighted by atomic mass is 14.8. The quantitative estimate of drug-likeness (QED) is 0.781. The van der Waals surface area contributed by atoms with E-state index in [-0.39, 0.29) is 5.41 Å². The highest BCUT2D eigenvalue weighted by Crippen LogP contribution is 2.26. The van der Waals surface area contributed by atoms with Crippen molar-refractivity contribution in [1.82, 2.24) is 5.32 Å². The molecule has 0 fully saturated rings. The summed E-state index contributed by atoms with van der Waals surface area (Å²) in [6.45, 7) is 15.6. The maximum Gasteiger partial charge on any atom is -0.000827 e. The number of nitrogens with one attached hydrogen (secondary N) is 1. The van der Waals surface area contributed by atoms with Gasteiger partial charge in [0.05, 0.1) is 0 Å². The Morgan fingerprint density at radius 3 is 2.00 bits per heavy atom. The number of benzene rings is 1. The van der Waals surface area contributed by atoms with E-state index in [0.29, 0.717) is 0 Å². The van der Waals surface area contributed by atoms with Crippen LogP contribution in [0.15, 0.2) is 12.1 Å². The fourth-order valence-corrected chi connectivity index (χ4v) is 2.21. The fraction of sp³-hybridized carbons (Fsp3) is 0.625. The van der Waals surface area contributed by atoms with Gasteiger partial charge in [-0.25, -0.2) is 0 Å². The average Bonchev–Trinajstić information content (AvgIpc) is 2.20. The summed E-state index contributed by atoms with van der Waals surface area (Å²) in [6.07, 6.45) is 1.13. The molecule has 1 nitrogen and oxygen atoms in total. The van der Waals surface area contributed by atoms with Crippen molar-refractivity contribution in [2.75, 3.05) is 13.1 Å². The zero-order valence-electron chi connectivity index (χ0n) is 12.3. The number of hydrogen-bond acceptors (Lipinski definition) is 1. The molecule has 0 unspecified atom stereocenters. The van der Waals surface area contributed by atoms with E-state index in [4.69, 9.17) is 0 Å². The van der Waals surface area contributed by atoms with Crippen LogP contribution >= 0.6 is 0 Å². The van der Waals surface area contributed by atoms with Crippen molar-refractivity contribution in [3.8, 4) is 0 Å². The lowest BCUT2D eigenvalue weighted by atomic mass is 9.83. The Balaban J connectivity index is 2.95. The monoisotopic (exact) mass is 233 g/mol. The first-order valence-electron chi connectivity index (χ1n) is 6.67. The maximum absolute atomic E-state index is 3.40. The molecule has 96 valence electrons. The normalized spacial score (nSPS) is 11.9. The number of aryl methyl sites for hydroxylation is 2. The van der Waals surface area contributed by atoms with Gasteiger partial charge in [-0.05, 0) is 61.0 Å². The average molecular weight is 233 g/mol. The number of rotatable bonds is 4. The van der Waals surface area contributed by atoms with Gasteiger partial charge in [0.2, 0.25) is 0 Å². The second kappa shape index (κ2) is 5.68. The van der Waals surface area contributed by atoms with Crippen LogP contribution in [0.25, 0.3) is 0 Å². The minimum atomic E-state index is 0.246. The Labute approximate surface area is 107 Å². The van der Waals surface area contributed by atoms with Gasteiger partial charge in [-0.2, -0.15) is 0 Å². The van der Waals surface area contributed by atoms with Crippen molar-refractivity contribution in [3.05, 3.63) is 34.4 Å². The summed E-state index contributed by atoms with van der Waals surface area (Å²) in [5.41, 5.74) is 6.08. The molecule has 0 amide bonds. The molecule has 0 radical (unpaired) electrons. The SMILES string of the molecule is CCNCCc1c(C)cc(C(C)(C)C)cc1C. The molecule has 1 rings (SSSR count). The highest BCUT2D eigenvalue weighted by Gasteiger charge is 2.15. The minimum Gasteiger partial charge on any atom is -0.317 e. The van der Waals surface area contributed by atoms with Crippen LogP contribution in [-0.4, -0.2) is 13.1 Å². The molecule has 1 heteroatoms. The molecular formula is C16H27N. The molecule has 0 bridgehead atoms. The van der Waals surface area contributed by atoms with Crippen LogP contribution in [-0.2, 0) is 11.8 Å². The van der Waals surface area contributed by atoms with Gasteiger partial charge in [-0.3, -0.25) is 0 Å². The van der Waals surface area contributed by atoms with Crippen LogP contribution in [0.1, 0.15) is 49.9 Å². The third kappa shape index (κ3) is 3.85. The van der Waals surface area contributed by atoms with Crippen LogP contribution in [0.5, 0.6) is 0 Å². The van der Waals surface area contributed by atoms with Gasteiger partial charge >= 0.3 is 0 Å². The Hall–Kier alpha value is -0.820. The van der Waals surface area contributed by atoms with Crippen molar-refractivity contribution < 1.29 is 0 Å². The maximum atomic E-state index is 3.40. The second-order valence-corrected chi connectivity index (χ2v) is 5.94. The van der Waals surface area contributed by atoms with Gasteiger partial charge in [0, 0.05) is 0 Å². The summed E-state index contributed by atoms with van der Waals surface area (Å²) in [5, 5.41) is 3.40. The number of likely N-dealkylation sites (N-methyl/N-ethyl adjacent to an activating group) is 1. The van der Waals surface area contributed by atoms with E-state index >= 15 is 0 Å². The highest BCUT2D eigenvalue weighted by molar-refractivity contribution is 5.40. The predicted octanol–water partition coefficient (Wildman–Crippen LogP) is 3.75. The molecule has 0 spiro atoms. The summed E-state index contributed by atoms with van der Waals surface area (Å²) in [7, 11) is 0. The Bertz CT molecular complexity index is 349. The van der Waals surface area contributed by atoms with E-state index in [1.807, 2.05) is 0 Å². The molecule has 0 heterocycles. The molecule has 1 aromatic rings.